The number of hydrogen-bond acceptors (Lipinski definition) is 3. The Morgan fingerprint density at radius 1 is 1.10 bits per heavy atom. The molecule has 0 saturated heterocycles. The molecule has 0 saturated carbocycles. The molecule has 0 fully saturated rings. The van der Waals surface area contributed by atoms with Gasteiger partial charge in [0.05, 0.1) is 4.92 Å². The molecule has 0 aliphatic heterocycles. The number of hydrogen-bond donors (Lipinski definition) is 0. The monoisotopic (exact) mass is 335 g/mol. The van der Waals surface area contributed by atoms with Crippen LogP contribution in [0.1, 0.15) is 16.7 Å². The Morgan fingerprint density at radius 3 is 2.45 bits per heavy atom. The summed E-state index contributed by atoms with van der Waals surface area (Å²) in [7, 11) is 0. The summed E-state index contributed by atoms with van der Waals surface area (Å²) in [6, 6.07) is 8.69. The third-order valence-electron chi connectivity index (χ3n) is 3.10. The van der Waals surface area contributed by atoms with Crippen LogP contribution < -0.4 is 4.74 Å². The van der Waals surface area contributed by atoms with E-state index in [2.05, 4.69) is 22.0 Å². The first-order valence-electron chi connectivity index (χ1n) is 6.08. The highest BCUT2D eigenvalue weighted by Gasteiger charge is 2.17. The zero-order chi connectivity index (χ0) is 14.9. The summed E-state index contributed by atoms with van der Waals surface area (Å²) < 4.78 is 6.40. The van der Waals surface area contributed by atoms with Gasteiger partial charge in [-0.1, -0.05) is 22.0 Å². The molecule has 0 atom stereocenters. The molecule has 2 rings (SSSR count). The number of ether oxygens (including phenoxy) is 1. The lowest BCUT2D eigenvalue weighted by molar-refractivity contribution is -0.385. The van der Waals surface area contributed by atoms with Crippen LogP contribution in [0.3, 0.4) is 0 Å². The first-order chi connectivity index (χ1) is 9.38. The fourth-order valence-corrected chi connectivity index (χ4v) is 2.29. The van der Waals surface area contributed by atoms with Crippen molar-refractivity contribution in [3.63, 3.8) is 0 Å². The van der Waals surface area contributed by atoms with Gasteiger partial charge in [-0.05, 0) is 55.7 Å². The van der Waals surface area contributed by atoms with Gasteiger partial charge in [-0.2, -0.15) is 0 Å². The standard InChI is InChI=1S/C15H14BrNO3/c1-9-6-10(2)11(3)15(7-9)20-14-5-4-12(16)8-13(14)17(18)19/h4-8H,1-3H3. The minimum Gasteiger partial charge on any atom is -0.450 e. The second kappa shape index (κ2) is 5.63. The topological polar surface area (TPSA) is 52.4 Å². The number of nitro benzene ring substituents is 1. The number of rotatable bonds is 3. The van der Waals surface area contributed by atoms with Gasteiger partial charge in [0, 0.05) is 10.5 Å². The average molecular weight is 336 g/mol. The maximum atomic E-state index is 11.1. The van der Waals surface area contributed by atoms with Gasteiger partial charge < -0.3 is 4.74 Å². The maximum absolute atomic E-state index is 11.1. The van der Waals surface area contributed by atoms with E-state index in [-0.39, 0.29) is 11.4 Å². The number of halogens is 1. The summed E-state index contributed by atoms with van der Waals surface area (Å²) in [5.74, 6) is 0.888. The van der Waals surface area contributed by atoms with Gasteiger partial charge >= 0.3 is 5.69 Å². The van der Waals surface area contributed by atoms with Crippen molar-refractivity contribution in [3.8, 4) is 11.5 Å². The predicted octanol–water partition coefficient (Wildman–Crippen LogP) is 5.07. The van der Waals surface area contributed by atoms with Crippen molar-refractivity contribution in [2.24, 2.45) is 0 Å². The summed E-state index contributed by atoms with van der Waals surface area (Å²) in [6.07, 6.45) is 0. The second-order valence-corrected chi connectivity index (χ2v) is 5.59. The molecule has 2 aromatic rings. The van der Waals surface area contributed by atoms with Crippen LogP contribution in [0.4, 0.5) is 5.69 Å². The van der Waals surface area contributed by atoms with E-state index >= 15 is 0 Å². The fourth-order valence-electron chi connectivity index (χ4n) is 1.94. The molecule has 5 heteroatoms. The van der Waals surface area contributed by atoms with Gasteiger partial charge in [0.15, 0.2) is 0 Å². The molecule has 0 heterocycles. The van der Waals surface area contributed by atoms with E-state index in [1.165, 1.54) is 6.07 Å². The zero-order valence-electron chi connectivity index (χ0n) is 11.4. The quantitative estimate of drug-likeness (QED) is 0.580. The second-order valence-electron chi connectivity index (χ2n) is 4.68. The lowest BCUT2D eigenvalue weighted by Gasteiger charge is -2.12. The first kappa shape index (κ1) is 14.5. The van der Waals surface area contributed by atoms with Crippen LogP contribution in [-0.2, 0) is 0 Å². The van der Waals surface area contributed by atoms with Crippen molar-refractivity contribution in [1.29, 1.82) is 0 Å². The SMILES string of the molecule is Cc1cc(C)c(C)c(Oc2ccc(Br)cc2[N+](=O)[O-])c1. The number of nitrogens with zero attached hydrogens (tertiary/aromatic N) is 1. The molecule has 4 nitrogen and oxygen atoms in total. The van der Waals surface area contributed by atoms with Crippen LogP contribution in [0.25, 0.3) is 0 Å². The van der Waals surface area contributed by atoms with Gasteiger partial charge in [-0.3, -0.25) is 10.1 Å². The molecule has 0 aliphatic carbocycles. The molecule has 0 radical (unpaired) electrons. The summed E-state index contributed by atoms with van der Waals surface area (Å²) >= 11 is 3.23. The highest BCUT2D eigenvalue weighted by Crippen LogP contribution is 2.35. The first-order valence-corrected chi connectivity index (χ1v) is 6.87. The molecule has 2 aromatic carbocycles. The van der Waals surface area contributed by atoms with E-state index in [4.69, 9.17) is 4.74 Å². The number of nitro groups is 1. The Labute approximate surface area is 125 Å². The van der Waals surface area contributed by atoms with E-state index in [0.717, 1.165) is 16.7 Å². The number of benzene rings is 2. The van der Waals surface area contributed by atoms with Gasteiger partial charge in [0.2, 0.25) is 5.75 Å². The van der Waals surface area contributed by atoms with Crippen molar-refractivity contribution in [3.05, 3.63) is 61.6 Å². The van der Waals surface area contributed by atoms with Crippen LogP contribution in [0, 0.1) is 30.9 Å². The highest BCUT2D eigenvalue weighted by atomic mass is 79.9. The van der Waals surface area contributed by atoms with E-state index in [1.54, 1.807) is 12.1 Å². The molecule has 0 spiro atoms. The molecule has 20 heavy (non-hydrogen) atoms. The van der Waals surface area contributed by atoms with Crippen molar-refractivity contribution in [2.45, 2.75) is 20.8 Å². The van der Waals surface area contributed by atoms with Crippen molar-refractivity contribution in [2.75, 3.05) is 0 Å². The van der Waals surface area contributed by atoms with Gasteiger partial charge in [0.25, 0.3) is 0 Å². The van der Waals surface area contributed by atoms with E-state index < -0.39 is 4.92 Å². The minimum atomic E-state index is -0.446. The molecule has 0 aromatic heterocycles. The third kappa shape index (κ3) is 2.99. The van der Waals surface area contributed by atoms with E-state index in [9.17, 15) is 10.1 Å². The Hall–Kier alpha value is -1.88. The van der Waals surface area contributed by atoms with Crippen LogP contribution in [0.2, 0.25) is 0 Å². The van der Waals surface area contributed by atoms with Crippen molar-refractivity contribution >= 4 is 21.6 Å². The summed E-state index contributed by atoms with van der Waals surface area (Å²) in [5.41, 5.74) is 3.08. The molecule has 0 N–H and O–H groups in total. The maximum Gasteiger partial charge on any atom is 0.312 e. The lowest BCUT2D eigenvalue weighted by atomic mass is 10.1. The van der Waals surface area contributed by atoms with Crippen LogP contribution in [-0.4, -0.2) is 4.92 Å². The van der Waals surface area contributed by atoms with Crippen molar-refractivity contribution in [1.82, 2.24) is 0 Å². The zero-order valence-corrected chi connectivity index (χ0v) is 13.0. The third-order valence-corrected chi connectivity index (χ3v) is 3.59. The molecular weight excluding hydrogens is 322 g/mol. The largest absolute Gasteiger partial charge is 0.450 e. The van der Waals surface area contributed by atoms with Gasteiger partial charge in [0.1, 0.15) is 5.75 Å². The molecule has 0 unspecified atom stereocenters. The Balaban J connectivity index is 2.48. The summed E-state index contributed by atoms with van der Waals surface area (Å²) in [5, 5.41) is 11.1. The van der Waals surface area contributed by atoms with Crippen LogP contribution in [0.15, 0.2) is 34.8 Å². The van der Waals surface area contributed by atoms with Crippen LogP contribution in [0.5, 0.6) is 11.5 Å². The fraction of sp³-hybridized carbons (Fsp3) is 0.200. The Bertz CT molecular complexity index is 683. The van der Waals surface area contributed by atoms with E-state index in [1.807, 2.05) is 26.8 Å². The summed E-state index contributed by atoms with van der Waals surface area (Å²) in [6.45, 7) is 5.90. The molecule has 0 aliphatic rings. The molecular formula is C15H14BrNO3. The smallest absolute Gasteiger partial charge is 0.312 e. The van der Waals surface area contributed by atoms with Crippen LogP contribution >= 0.6 is 15.9 Å². The average Bonchev–Trinajstić information content (AvgIpc) is 2.37. The summed E-state index contributed by atoms with van der Waals surface area (Å²) in [4.78, 5) is 10.6. The minimum absolute atomic E-state index is 0.0575. The number of aryl methyl sites for hydroxylation is 2. The van der Waals surface area contributed by atoms with Gasteiger partial charge in [-0.15, -0.1) is 0 Å². The van der Waals surface area contributed by atoms with Gasteiger partial charge in [-0.25, -0.2) is 0 Å². The normalized spacial score (nSPS) is 10.4. The predicted molar refractivity (Wildman–Crippen MR) is 81.5 cm³/mol. The Morgan fingerprint density at radius 2 is 1.80 bits per heavy atom. The molecule has 0 amide bonds. The van der Waals surface area contributed by atoms with Crippen molar-refractivity contribution < 1.29 is 9.66 Å². The highest BCUT2D eigenvalue weighted by molar-refractivity contribution is 9.10. The lowest BCUT2D eigenvalue weighted by Crippen LogP contribution is -1.96. The molecule has 104 valence electrons. The Kier molecular flexibility index (Phi) is 4.09. The molecule has 0 bridgehead atoms. The van der Waals surface area contributed by atoms with E-state index in [0.29, 0.717) is 10.2 Å².